The van der Waals surface area contributed by atoms with Crippen molar-refractivity contribution in [3.05, 3.63) is 76.0 Å². The number of benzene rings is 2. The van der Waals surface area contributed by atoms with E-state index < -0.39 is 5.82 Å². The van der Waals surface area contributed by atoms with E-state index in [4.69, 9.17) is 11.6 Å². The highest BCUT2D eigenvalue weighted by Crippen LogP contribution is 2.21. The Labute approximate surface area is 188 Å². The lowest BCUT2D eigenvalue weighted by molar-refractivity contribution is -0.130. The number of rotatable bonds is 5. The number of aromatic nitrogens is 1. The minimum Gasteiger partial charge on any atom is -0.368 e. The van der Waals surface area contributed by atoms with Crippen molar-refractivity contribution in [2.75, 3.05) is 36.4 Å². The van der Waals surface area contributed by atoms with Crippen LogP contribution in [-0.4, -0.2) is 47.9 Å². The fourth-order valence-electron chi connectivity index (χ4n) is 3.35. The number of halogens is 2. The number of nitrogens with zero attached hydrogens (tertiary/aromatic N) is 3. The van der Waals surface area contributed by atoms with Crippen molar-refractivity contribution >= 4 is 45.6 Å². The maximum absolute atomic E-state index is 13.0. The molecule has 3 aromatic rings. The van der Waals surface area contributed by atoms with Gasteiger partial charge in [-0.2, -0.15) is 0 Å². The first-order valence-corrected chi connectivity index (χ1v) is 11.0. The van der Waals surface area contributed by atoms with E-state index in [1.165, 1.54) is 35.6 Å². The van der Waals surface area contributed by atoms with Gasteiger partial charge in [0.25, 0.3) is 5.91 Å². The molecule has 0 aliphatic carbocycles. The zero-order chi connectivity index (χ0) is 21.8. The quantitative estimate of drug-likeness (QED) is 0.625. The highest BCUT2D eigenvalue weighted by molar-refractivity contribution is 7.14. The standard InChI is InChI=1S/C22H20ClFN4O2S/c23-16-3-7-19(8-4-16)27-9-11-28(12-10-27)20(29)13-18-14-31-22(25-18)26-21(30)15-1-5-17(24)6-2-15/h1-8,14H,9-13H2,(H,25,26,30). The molecule has 160 valence electrons. The predicted octanol–water partition coefficient (Wildman–Crippen LogP) is 4.08. The zero-order valence-electron chi connectivity index (χ0n) is 16.6. The third-order valence-electron chi connectivity index (χ3n) is 5.04. The van der Waals surface area contributed by atoms with Gasteiger partial charge in [0, 0.05) is 47.8 Å². The summed E-state index contributed by atoms with van der Waals surface area (Å²) >= 11 is 7.20. The monoisotopic (exact) mass is 458 g/mol. The van der Waals surface area contributed by atoms with E-state index in [0.717, 1.165) is 18.8 Å². The number of hydrogen-bond acceptors (Lipinski definition) is 5. The highest BCUT2D eigenvalue weighted by Gasteiger charge is 2.22. The summed E-state index contributed by atoms with van der Waals surface area (Å²) in [5.41, 5.74) is 2.05. The number of anilines is 2. The number of hydrogen-bond donors (Lipinski definition) is 1. The van der Waals surface area contributed by atoms with Gasteiger partial charge in [0.05, 0.1) is 12.1 Å². The molecule has 0 saturated carbocycles. The molecule has 2 amide bonds. The van der Waals surface area contributed by atoms with Crippen LogP contribution in [0.1, 0.15) is 16.1 Å². The summed E-state index contributed by atoms with van der Waals surface area (Å²) in [6.45, 7) is 2.78. The van der Waals surface area contributed by atoms with Crippen LogP contribution in [0.4, 0.5) is 15.2 Å². The molecule has 1 aliphatic rings. The van der Waals surface area contributed by atoms with Gasteiger partial charge in [-0.3, -0.25) is 14.9 Å². The first-order valence-electron chi connectivity index (χ1n) is 9.77. The van der Waals surface area contributed by atoms with Crippen LogP contribution in [-0.2, 0) is 11.2 Å². The number of carbonyl (C=O) groups excluding carboxylic acids is 2. The number of thiazole rings is 1. The Morgan fingerprint density at radius 2 is 1.71 bits per heavy atom. The Morgan fingerprint density at radius 3 is 2.39 bits per heavy atom. The molecule has 4 rings (SSSR count). The van der Waals surface area contributed by atoms with Gasteiger partial charge in [-0.1, -0.05) is 11.6 Å². The molecule has 1 N–H and O–H groups in total. The van der Waals surface area contributed by atoms with E-state index in [0.29, 0.717) is 34.5 Å². The zero-order valence-corrected chi connectivity index (χ0v) is 18.1. The smallest absolute Gasteiger partial charge is 0.257 e. The maximum atomic E-state index is 13.0. The van der Waals surface area contributed by atoms with Crippen LogP contribution in [0, 0.1) is 5.82 Å². The van der Waals surface area contributed by atoms with Gasteiger partial charge in [-0.25, -0.2) is 9.37 Å². The van der Waals surface area contributed by atoms with Crippen LogP contribution in [0.2, 0.25) is 5.02 Å². The molecule has 0 atom stereocenters. The third kappa shape index (κ3) is 5.39. The van der Waals surface area contributed by atoms with E-state index >= 15 is 0 Å². The SMILES string of the molecule is O=C(Nc1nc(CC(=O)N2CCN(c3ccc(Cl)cc3)CC2)cs1)c1ccc(F)cc1. The Bertz CT molecular complexity index is 1060. The van der Waals surface area contributed by atoms with Crippen molar-refractivity contribution in [2.45, 2.75) is 6.42 Å². The molecule has 1 aliphatic heterocycles. The van der Waals surface area contributed by atoms with Crippen LogP contribution in [0.5, 0.6) is 0 Å². The summed E-state index contributed by atoms with van der Waals surface area (Å²) in [5, 5.41) is 5.56. The van der Waals surface area contributed by atoms with Crippen molar-refractivity contribution in [3.8, 4) is 0 Å². The highest BCUT2D eigenvalue weighted by atomic mass is 35.5. The molecule has 1 aromatic heterocycles. The number of amides is 2. The average Bonchev–Trinajstić information content (AvgIpc) is 3.21. The second-order valence-electron chi connectivity index (χ2n) is 7.13. The molecule has 0 unspecified atom stereocenters. The largest absolute Gasteiger partial charge is 0.368 e. The van der Waals surface area contributed by atoms with Gasteiger partial charge in [-0.05, 0) is 48.5 Å². The van der Waals surface area contributed by atoms with Crippen LogP contribution in [0.15, 0.2) is 53.9 Å². The molecule has 6 nitrogen and oxygen atoms in total. The van der Waals surface area contributed by atoms with Crippen LogP contribution in [0.3, 0.4) is 0 Å². The second kappa shape index (κ2) is 9.45. The van der Waals surface area contributed by atoms with Gasteiger partial charge >= 0.3 is 0 Å². The molecule has 31 heavy (non-hydrogen) atoms. The minimum absolute atomic E-state index is 0.0115. The second-order valence-corrected chi connectivity index (χ2v) is 8.42. The lowest BCUT2D eigenvalue weighted by Gasteiger charge is -2.36. The third-order valence-corrected chi connectivity index (χ3v) is 6.09. The van der Waals surface area contributed by atoms with Gasteiger partial charge < -0.3 is 9.80 Å². The van der Waals surface area contributed by atoms with E-state index in [1.807, 2.05) is 29.2 Å². The Kier molecular flexibility index (Phi) is 6.48. The van der Waals surface area contributed by atoms with Crippen molar-refractivity contribution in [2.24, 2.45) is 0 Å². The van der Waals surface area contributed by atoms with Crippen molar-refractivity contribution in [3.63, 3.8) is 0 Å². The molecule has 2 aromatic carbocycles. The molecular formula is C22H20ClFN4O2S. The first kappa shape index (κ1) is 21.3. The first-order chi connectivity index (χ1) is 15.0. The van der Waals surface area contributed by atoms with E-state index in [9.17, 15) is 14.0 Å². The average molecular weight is 459 g/mol. The number of piperazine rings is 1. The van der Waals surface area contributed by atoms with Crippen LogP contribution >= 0.6 is 22.9 Å². The fraction of sp³-hybridized carbons (Fsp3) is 0.227. The molecule has 0 radical (unpaired) electrons. The summed E-state index contributed by atoms with van der Waals surface area (Å²) < 4.78 is 13.0. The molecule has 1 fully saturated rings. The molecule has 0 spiro atoms. The predicted molar refractivity (Wildman–Crippen MR) is 120 cm³/mol. The number of nitrogens with one attached hydrogen (secondary N) is 1. The van der Waals surface area contributed by atoms with E-state index in [-0.39, 0.29) is 18.2 Å². The van der Waals surface area contributed by atoms with E-state index in [1.54, 1.807) is 5.38 Å². The topological polar surface area (TPSA) is 65.5 Å². The van der Waals surface area contributed by atoms with E-state index in [2.05, 4.69) is 15.2 Å². The Hall–Kier alpha value is -2.97. The normalized spacial score (nSPS) is 13.9. The van der Waals surface area contributed by atoms with Crippen LogP contribution < -0.4 is 10.2 Å². The molecular weight excluding hydrogens is 439 g/mol. The summed E-state index contributed by atoms with van der Waals surface area (Å²) in [6, 6.07) is 13.0. The molecule has 1 saturated heterocycles. The van der Waals surface area contributed by atoms with Gasteiger partial charge in [0.1, 0.15) is 5.82 Å². The summed E-state index contributed by atoms with van der Waals surface area (Å²) in [6.07, 6.45) is 0.184. The van der Waals surface area contributed by atoms with Crippen molar-refractivity contribution in [1.82, 2.24) is 9.88 Å². The van der Waals surface area contributed by atoms with Gasteiger partial charge in [0.2, 0.25) is 5.91 Å². The lowest BCUT2D eigenvalue weighted by atomic mass is 10.2. The van der Waals surface area contributed by atoms with Gasteiger partial charge in [0.15, 0.2) is 5.13 Å². The summed E-state index contributed by atoms with van der Waals surface area (Å²) in [5.74, 6) is -0.761. The fourth-order valence-corrected chi connectivity index (χ4v) is 4.18. The van der Waals surface area contributed by atoms with Crippen molar-refractivity contribution in [1.29, 1.82) is 0 Å². The Morgan fingerprint density at radius 1 is 1.03 bits per heavy atom. The summed E-state index contributed by atoms with van der Waals surface area (Å²) in [4.78, 5) is 33.3. The molecule has 2 heterocycles. The maximum Gasteiger partial charge on any atom is 0.257 e. The molecule has 0 bridgehead atoms. The van der Waals surface area contributed by atoms with Crippen LogP contribution in [0.25, 0.3) is 0 Å². The Balaban J connectivity index is 1.28. The van der Waals surface area contributed by atoms with Gasteiger partial charge in [-0.15, -0.1) is 11.3 Å². The lowest BCUT2D eigenvalue weighted by Crippen LogP contribution is -2.49. The number of carbonyl (C=O) groups is 2. The molecule has 9 heteroatoms. The summed E-state index contributed by atoms with van der Waals surface area (Å²) in [7, 11) is 0. The minimum atomic E-state index is -0.402. The van der Waals surface area contributed by atoms with Crippen molar-refractivity contribution < 1.29 is 14.0 Å².